The van der Waals surface area contributed by atoms with Crippen LogP contribution in [0.2, 0.25) is 0 Å². The van der Waals surface area contributed by atoms with Gasteiger partial charge in [0, 0.05) is 35.4 Å². The monoisotopic (exact) mass is 342 g/mol. The molecule has 1 aromatic carbocycles. The van der Waals surface area contributed by atoms with Crippen LogP contribution in [-0.4, -0.2) is 34.9 Å². The molecule has 1 aromatic rings. The normalized spacial score (nSPS) is 14.8. The number of hydrogen-bond donors (Lipinski definition) is 1. The molecule has 1 heterocycles. The van der Waals surface area contributed by atoms with Crippen molar-refractivity contribution in [1.29, 1.82) is 0 Å². The summed E-state index contributed by atoms with van der Waals surface area (Å²) >= 11 is 4.73. The van der Waals surface area contributed by atoms with Gasteiger partial charge in [-0.15, -0.1) is 0 Å². The van der Waals surface area contributed by atoms with Crippen molar-refractivity contribution in [2.24, 2.45) is 0 Å². The third-order valence-electron chi connectivity index (χ3n) is 2.90. The van der Waals surface area contributed by atoms with Crippen LogP contribution in [-0.2, 0) is 4.79 Å². The molecule has 0 aliphatic carbocycles. The van der Waals surface area contributed by atoms with Gasteiger partial charge in [0.25, 0.3) is 5.24 Å². The number of nitrogens with one attached hydrogen (secondary N) is 1. The summed E-state index contributed by atoms with van der Waals surface area (Å²) in [7, 11) is 0. The SMILES string of the molecule is Cc1cc(NC(=O)CCN2CCSC2=O)ccc1Br. The summed E-state index contributed by atoms with van der Waals surface area (Å²) in [5.41, 5.74) is 1.86. The summed E-state index contributed by atoms with van der Waals surface area (Å²) in [4.78, 5) is 24.9. The summed E-state index contributed by atoms with van der Waals surface area (Å²) in [6.45, 7) is 3.21. The highest BCUT2D eigenvalue weighted by Gasteiger charge is 2.21. The molecule has 2 amide bonds. The Labute approximate surface area is 125 Å². The van der Waals surface area contributed by atoms with E-state index in [2.05, 4.69) is 21.2 Å². The molecule has 2 rings (SSSR count). The van der Waals surface area contributed by atoms with E-state index in [9.17, 15) is 9.59 Å². The number of halogens is 1. The first-order valence-corrected chi connectivity index (χ1v) is 7.82. The molecule has 0 unspecified atom stereocenters. The van der Waals surface area contributed by atoms with E-state index in [1.807, 2.05) is 25.1 Å². The molecule has 1 N–H and O–H groups in total. The number of anilines is 1. The summed E-state index contributed by atoms with van der Waals surface area (Å²) in [5.74, 6) is 0.762. The fourth-order valence-corrected chi connectivity index (χ4v) is 2.91. The number of amides is 2. The molecule has 1 aliphatic heterocycles. The molecule has 102 valence electrons. The standard InChI is InChI=1S/C13H15BrN2O2S/c1-9-8-10(2-3-11(9)14)15-12(17)4-5-16-6-7-19-13(16)18/h2-3,8H,4-7H2,1H3,(H,15,17). The number of benzene rings is 1. The van der Waals surface area contributed by atoms with E-state index < -0.39 is 0 Å². The van der Waals surface area contributed by atoms with Gasteiger partial charge in [0.05, 0.1) is 0 Å². The topological polar surface area (TPSA) is 49.4 Å². The molecule has 0 aromatic heterocycles. The van der Waals surface area contributed by atoms with E-state index in [1.54, 1.807) is 4.90 Å². The van der Waals surface area contributed by atoms with E-state index in [4.69, 9.17) is 0 Å². The van der Waals surface area contributed by atoms with Gasteiger partial charge in [-0.3, -0.25) is 9.59 Å². The lowest BCUT2D eigenvalue weighted by atomic mass is 10.2. The van der Waals surface area contributed by atoms with Gasteiger partial charge in [0.15, 0.2) is 0 Å². The molecule has 4 nitrogen and oxygen atoms in total. The maximum Gasteiger partial charge on any atom is 0.281 e. The van der Waals surface area contributed by atoms with Gasteiger partial charge in [-0.1, -0.05) is 27.7 Å². The highest BCUT2D eigenvalue weighted by atomic mass is 79.9. The Balaban J connectivity index is 1.83. The van der Waals surface area contributed by atoms with Crippen LogP contribution in [0.4, 0.5) is 10.5 Å². The highest BCUT2D eigenvalue weighted by Crippen LogP contribution is 2.20. The van der Waals surface area contributed by atoms with Crippen LogP contribution in [0.5, 0.6) is 0 Å². The molecule has 0 bridgehead atoms. The van der Waals surface area contributed by atoms with Crippen molar-refractivity contribution in [2.45, 2.75) is 13.3 Å². The maximum atomic E-state index is 11.8. The molecular formula is C13H15BrN2O2S. The number of rotatable bonds is 4. The lowest BCUT2D eigenvalue weighted by Gasteiger charge is -2.14. The van der Waals surface area contributed by atoms with Crippen molar-refractivity contribution in [3.63, 3.8) is 0 Å². The molecule has 0 atom stereocenters. The first-order valence-electron chi connectivity index (χ1n) is 6.04. The minimum absolute atomic E-state index is 0.0635. The second-order valence-corrected chi connectivity index (χ2v) is 6.26. The molecule has 1 aliphatic rings. The van der Waals surface area contributed by atoms with Crippen molar-refractivity contribution in [3.05, 3.63) is 28.2 Å². The van der Waals surface area contributed by atoms with Crippen LogP contribution in [0.25, 0.3) is 0 Å². The largest absolute Gasteiger partial charge is 0.332 e. The summed E-state index contributed by atoms with van der Waals surface area (Å²) in [6.07, 6.45) is 0.335. The van der Waals surface area contributed by atoms with Gasteiger partial charge in [-0.25, -0.2) is 0 Å². The molecule has 0 saturated carbocycles. The summed E-state index contributed by atoms with van der Waals surface area (Å²) in [6, 6.07) is 5.68. The lowest BCUT2D eigenvalue weighted by Crippen LogP contribution is -2.27. The first kappa shape index (κ1) is 14.4. The molecule has 0 spiro atoms. The van der Waals surface area contributed by atoms with Crippen LogP contribution in [0.1, 0.15) is 12.0 Å². The zero-order chi connectivity index (χ0) is 13.8. The first-order chi connectivity index (χ1) is 9.06. The maximum absolute atomic E-state index is 11.8. The van der Waals surface area contributed by atoms with E-state index in [-0.39, 0.29) is 11.1 Å². The van der Waals surface area contributed by atoms with E-state index in [0.717, 1.165) is 28.0 Å². The fourth-order valence-electron chi connectivity index (χ4n) is 1.81. The third-order valence-corrected chi connectivity index (χ3v) is 4.68. The Morgan fingerprint density at radius 2 is 2.32 bits per heavy atom. The van der Waals surface area contributed by atoms with Crippen LogP contribution in [0, 0.1) is 6.92 Å². The number of hydrogen-bond acceptors (Lipinski definition) is 3. The third kappa shape index (κ3) is 3.98. The zero-order valence-electron chi connectivity index (χ0n) is 10.6. The Morgan fingerprint density at radius 1 is 1.53 bits per heavy atom. The van der Waals surface area contributed by atoms with Gasteiger partial charge < -0.3 is 10.2 Å². The number of aryl methyl sites for hydroxylation is 1. The number of thioether (sulfide) groups is 1. The van der Waals surface area contributed by atoms with Crippen molar-refractivity contribution in [3.8, 4) is 0 Å². The zero-order valence-corrected chi connectivity index (χ0v) is 13.0. The van der Waals surface area contributed by atoms with Crippen molar-refractivity contribution >= 4 is 44.5 Å². The van der Waals surface area contributed by atoms with Gasteiger partial charge in [0.1, 0.15) is 0 Å². The molecule has 1 fully saturated rings. The van der Waals surface area contributed by atoms with Gasteiger partial charge in [0.2, 0.25) is 5.91 Å². The average Bonchev–Trinajstić information content (AvgIpc) is 2.77. The van der Waals surface area contributed by atoms with Gasteiger partial charge in [-0.05, 0) is 30.7 Å². The minimum atomic E-state index is -0.0635. The van der Waals surface area contributed by atoms with E-state index in [0.29, 0.717) is 13.0 Å². The second-order valence-electron chi connectivity index (χ2n) is 4.36. The smallest absolute Gasteiger partial charge is 0.281 e. The van der Waals surface area contributed by atoms with Gasteiger partial charge >= 0.3 is 0 Å². The molecule has 1 saturated heterocycles. The molecule has 0 radical (unpaired) electrons. The second kappa shape index (κ2) is 6.43. The van der Waals surface area contributed by atoms with Crippen molar-refractivity contribution in [1.82, 2.24) is 4.90 Å². The van der Waals surface area contributed by atoms with Crippen LogP contribution in [0.3, 0.4) is 0 Å². The summed E-state index contributed by atoms with van der Waals surface area (Å²) in [5, 5.41) is 2.92. The molecule has 6 heteroatoms. The van der Waals surface area contributed by atoms with Crippen molar-refractivity contribution in [2.75, 3.05) is 24.2 Å². The molecule has 19 heavy (non-hydrogen) atoms. The Bertz CT molecular complexity index is 507. The van der Waals surface area contributed by atoms with E-state index >= 15 is 0 Å². The Morgan fingerprint density at radius 3 is 2.95 bits per heavy atom. The average molecular weight is 343 g/mol. The Kier molecular flexibility index (Phi) is 4.87. The van der Waals surface area contributed by atoms with Crippen LogP contribution >= 0.6 is 27.7 Å². The van der Waals surface area contributed by atoms with E-state index in [1.165, 1.54) is 11.8 Å². The lowest BCUT2D eigenvalue weighted by molar-refractivity contribution is -0.116. The highest BCUT2D eigenvalue weighted by molar-refractivity contribution is 9.10. The number of carbonyl (C=O) groups excluding carboxylic acids is 2. The summed E-state index contributed by atoms with van der Waals surface area (Å²) < 4.78 is 1.02. The number of nitrogens with zero attached hydrogens (tertiary/aromatic N) is 1. The fraction of sp³-hybridized carbons (Fsp3) is 0.385. The predicted molar refractivity (Wildman–Crippen MR) is 81.6 cm³/mol. The van der Waals surface area contributed by atoms with Crippen LogP contribution in [0.15, 0.2) is 22.7 Å². The van der Waals surface area contributed by atoms with Crippen LogP contribution < -0.4 is 5.32 Å². The quantitative estimate of drug-likeness (QED) is 0.913. The number of carbonyl (C=O) groups is 2. The predicted octanol–water partition coefficient (Wildman–Crippen LogP) is 3.25. The Hall–Kier alpha value is -1.01. The van der Waals surface area contributed by atoms with Gasteiger partial charge in [-0.2, -0.15) is 0 Å². The van der Waals surface area contributed by atoms with Crippen molar-refractivity contribution < 1.29 is 9.59 Å². The molecular weight excluding hydrogens is 328 g/mol. The minimum Gasteiger partial charge on any atom is -0.332 e.